The van der Waals surface area contributed by atoms with Gasteiger partial charge in [0.05, 0.1) is 19.8 Å². The Bertz CT molecular complexity index is 572. The minimum Gasteiger partial charge on any atom is -0.497 e. The summed E-state index contributed by atoms with van der Waals surface area (Å²) >= 11 is 0. The van der Waals surface area contributed by atoms with Gasteiger partial charge in [0.1, 0.15) is 11.9 Å². The molecule has 0 saturated carbocycles. The third-order valence-electron chi connectivity index (χ3n) is 3.08. The molecule has 0 aliphatic rings. The van der Waals surface area contributed by atoms with Crippen LogP contribution in [0.4, 0.5) is 0 Å². The maximum absolute atomic E-state index is 11.3. The zero-order valence-corrected chi connectivity index (χ0v) is 11.4. The lowest BCUT2D eigenvalue weighted by Gasteiger charge is -2.12. The molecule has 1 N–H and O–H groups in total. The van der Waals surface area contributed by atoms with E-state index in [0.717, 1.165) is 11.3 Å². The molecule has 0 radical (unpaired) electrons. The van der Waals surface area contributed by atoms with Crippen molar-refractivity contribution in [1.29, 1.82) is 0 Å². The molecule has 4 nitrogen and oxygen atoms in total. The van der Waals surface area contributed by atoms with E-state index in [1.165, 1.54) is 7.11 Å². The van der Waals surface area contributed by atoms with Crippen LogP contribution < -0.4 is 4.74 Å². The van der Waals surface area contributed by atoms with Gasteiger partial charge in [0.25, 0.3) is 0 Å². The van der Waals surface area contributed by atoms with Crippen LogP contribution in [0.2, 0.25) is 0 Å². The van der Waals surface area contributed by atoms with Crippen LogP contribution in [0.5, 0.6) is 5.75 Å². The summed E-state index contributed by atoms with van der Waals surface area (Å²) in [7, 11) is 2.93. The molecule has 0 aliphatic heterocycles. The van der Waals surface area contributed by atoms with Crippen molar-refractivity contribution in [1.82, 2.24) is 0 Å². The fourth-order valence-corrected chi connectivity index (χ4v) is 1.90. The van der Waals surface area contributed by atoms with Gasteiger partial charge in [-0.3, -0.25) is 0 Å². The van der Waals surface area contributed by atoms with Crippen molar-refractivity contribution in [3.05, 3.63) is 65.2 Å². The minimum absolute atomic E-state index is 0.393. The summed E-state index contributed by atoms with van der Waals surface area (Å²) in [5.74, 6) is 0.345. The molecule has 0 heterocycles. The van der Waals surface area contributed by atoms with Crippen LogP contribution in [0.15, 0.2) is 48.5 Å². The summed E-state index contributed by atoms with van der Waals surface area (Å²) in [5, 5.41) is 10.3. The topological polar surface area (TPSA) is 55.8 Å². The molecule has 0 spiro atoms. The maximum Gasteiger partial charge on any atom is 0.337 e. The maximum atomic E-state index is 11.3. The highest BCUT2D eigenvalue weighted by atomic mass is 16.5. The number of rotatable bonds is 4. The smallest absolute Gasteiger partial charge is 0.337 e. The lowest BCUT2D eigenvalue weighted by atomic mass is 10.0. The first-order chi connectivity index (χ1) is 9.65. The summed E-state index contributed by atoms with van der Waals surface area (Å²) in [4.78, 5) is 11.3. The number of carbonyl (C=O) groups is 1. The van der Waals surface area contributed by atoms with Crippen molar-refractivity contribution in [3.8, 4) is 5.75 Å². The Hall–Kier alpha value is -2.33. The number of aliphatic hydroxyl groups is 1. The van der Waals surface area contributed by atoms with Gasteiger partial charge < -0.3 is 14.6 Å². The summed E-state index contributed by atoms with van der Waals surface area (Å²) in [5.41, 5.74) is 1.93. The number of aliphatic hydroxyl groups excluding tert-OH is 1. The molecule has 0 aliphatic carbocycles. The second-order valence-corrected chi connectivity index (χ2v) is 4.29. The Labute approximate surface area is 117 Å². The Balaban J connectivity index is 2.19. The Morgan fingerprint density at radius 2 is 1.45 bits per heavy atom. The van der Waals surface area contributed by atoms with Crippen molar-refractivity contribution in [2.75, 3.05) is 14.2 Å². The molecule has 0 aromatic heterocycles. The first-order valence-electron chi connectivity index (χ1n) is 6.16. The highest BCUT2D eigenvalue weighted by molar-refractivity contribution is 5.89. The van der Waals surface area contributed by atoms with Gasteiger partial charge in [-0.15, -0.1) is 0 Å². The van der Waals surface area contributed by atoms with E-state index in [2.05, 4.69) is 4.74 Å². The first kappa shape index (κ1) is 14.1. The van der Waals surface area contributed by atoms with Crippen LogP contribution in [0.25, 0.3) is 0 Å². The number of hydrogen-bond donors (Lipinski definition) is 1. The van der Waals surface area contributed by atoms with E-state index in [1.54, 1.807) is 55.6 Å². The number of ether oxygens (including phenoxy) is 2. The SMILES string of the molecule is COC(=O)c1ccc([C@@H](O)c2ccc(OC)cc2)cc1. The molecule has 20 heavy (non-hydrogen) atoms. The van der Waals surface area contributed by atoms with E-state index >= 15 is 0 Å². The van der Waals surface area contributed by atoms with Crippen molar-refractivity contribution >= 4 is 5.97 Å². The predicted molar refractivity (Wildman–Crippen MR) is 74.8 cm³/mol. The third kappa shape index (κ3) is 2.97. The Morgan fingerprint density at radius 3 is 1.90 bits per heavy atom. The number of hydrogen-bond acceptors (Lipinski definition) is 4. The second-order valence-electron chi connectivity index (χ2n) is 4.29. The van der Waals surface area contributed by atoms with Gasteiger partial charge in [-0.25, -0.2) is 4.79 Å². The van der Waals surface area contributed by atoms with Crippen LogP contribution in [-0.2, 0) is 4.74 Å². The zero-order chi connectivity index (χ0) is 14.5. The van der Waals surface area contributed by atoms with Crippen LogP contribution in [0.3, 0.4) is 0 Å². The number of benzene rings is 2. The standard InChI is InChI=1S/C16H16O4/c1-19-14-9-7-12(8-10-14)15(17)11-3-5-13(6-4-11)16(18)20-2/h3-10,15,17H,1-2H3/t15-/m1/s1. The molecule has 0 bridgehead atoms. The van der Waals surface area contributed by atoms with Gasteiger partial charge in [-0.05, 0) is 35.4 Å². The highest BCUT2D eigenvalue weighted by Gasteiger charge is 2.12. The number of carbonyl (C=O) groups excluding carboxylic acids is 1. The van der Waals surface area contributed by atoms with Gasteiger partial charge in [0.15, 0.2) is 0 Å². The zero-order valence-electron chi connectivity index (χ0n) is 11.4. The van der Waals surface area contributed by atoms with Crippen molar-refractivity contribution < 1.29 is 19.4 Å². The molecule has 0 saturated heterocycles. The third-order valence-corrected chi connectivity index (χ3v) is 3.08. The fraction of sp³-hybridized carbons (Fsp3) is 0.188. The highest BCUT2D eigenvalue weighted by Crippen LogP contribution is 2.24. The summed E-state index contributed by atoms with van der Waals surface area (Å²) in [6.07, 6.45) is -0.743. The first-order valence-corrected chi connectivity index (χ1v) is 6.16. The molecule has 0 unspecified atom stereocenters. The van der Waals surface area contributed by atoms with E-state index in [4.69, 9.17) is 4.74 Å². The molecule has 0 fully saturated rings. The largest absolute Gasteiger partial charge is 0.497 e. The number of methoxy groups -OCH3 is 2. The second kappa shape index (κ2) is 6.21. The van der Waals surface area contributed by atoms with Gasteiger partial charge in [-0.2, -0.15) is 0 Å². The van der Waals surface area contributed by atoms with Crippen LogP contribution in [0.1, 0.15) is 27.6 Å². The van der Waals surface area contributed by atoms with Crippen molar-refractivity contribution in [2.24, 2.45) is 0 Å². The lowest BCUT2D eigenvalue weighted by Crippen LogP contribution is -2.03. The quantitative estimate of drug-likeness (QED) is 0.869. The van der Waals surface area contributed by atoms with E-state index in [1.807, 2.05) is 0 Å². The molecule has 2 aromatic carbocycles. The number of esters is 1. The monoisotopic (exact) mass is 272 g/mol. The van der Waals surface area contributed by atoms with Gasteiger partial charge in [-0.1, -0.05) is 24.3 Å². The van der Waals surface area contributed by atoms with E-state index in [0.29, 0.717) is 11.1 Å². The molecule has 104 valence electrons. The normalized spacial score (nSPS) is 11.8. The average molecular weight is 272 g/mol. The van der Waals surface area contributed by atoms with Gasteiger partial charge in [0, 0.05) is 0 Å². The Kier molecular flexibility index (Phi) is 4.38. The van der Waals surface area contributed by atoms with Crippen molar-refractivity contribution in [3.63, 3.8) is 0 Å². The van der Waals surface area contributed by atoms with E-state index in [-0.39, 0.29) is 0 Å². The van der Waals surface area contributed by atoms with E-state index < -0.39 is 12.1 Å². The Morgan fingerprint density at radius 1 is 0.950 bits per heavy atom. The average Bonchev–Trinajstić information content (AvgIpc) is 2.53. The van der Waals surface area contributed by atoms with Crippen LogP contribution >= 0.6 is 0 Å². The molecular formula is C16H16O4. The molecule has 2 aromatic rings. The van der Waals surface area contributed by atoms with Crippen molar-refractivity contribution in [2.45, 2.75) is 6.10 Å². The van der Waals surface area contributed by atoms with Crippen LogP contribution in [-0.4, -0.2) is 25.3 Å². The summed E-state index contributed by atoms with van der Waals surface area (Å²) < 4.78 is 9.71. The fourth-order valence-electron chi connectivity index (χ4n) is 1.90. The van der Waals surface area contributed by atoms with Crippen LogP contribution in [0, 0.1) is 0 Å². The molecule has 1 atom stereocenters. The summed E-state index contributed by atoms with van der Waals surface area (Å²) in [6.45, 7) is 0. The minimum atomic E-state index is -0.743. The van der Waals surface area contributed by atoms with Gasteiger partial charge in [0.2, 0.25) is 0 Å². The molecular weight excluding hydrogens is 256 g/mol. The molecule has 2 rings (SSSR count). The molecule has 0 amide bonds. The van der Waals surface area contributed by atoms with Gasteiger partial charge >= 0.3 is 5.97 Å². The summed E-state index contributed by atoms with van der Waals surface area (Å²) in [6, 6.07) is 13.9. The predicted octanol–water partition coefficient (Wildman–Crippen LogP) is 2.56. The molecule has 4 heteroatoms. The van der Waals surface area contributed by atoms with E-state index in [9.17, 15) is 9.90 Å². The lowest BCUT2D eigenvalue weighted by molar-refractivity contribution is 0.0600.